The topological polar surface area (TPSA) is 104 Å². The minimum Gasteiger partial charge on any atom is -0.480 e. The van der Waals surface area contributed by atoms with Crippen molar-refractivity contribution in [3.63, 3.8) is 0 Å². The van der Waals surface area contributed by atoms with Gasteiger partial charge in [-0.2, -0.15) is 0 Å². The number of aromatic nitrogens is 2. The van der Waals surface area contributed by atoms with Crippen LogP contribution in [0.1, 0.15) is 17.2 Å². The molecule has 162 valence electrons. The summed E-state index contributed by atoms with van der Waals surface area (Å²) < 4.78 is 15.4. The molecule has 4 rings (SSSR count). The van der Waals surface area contributed by atoms with Crippen LogP contribution in [0.3, 0.4) is 0 Å². The van der Waals surface area contributed by atoms with Gasteiger partial charge in [0.15, 0.2) is 0 Å². The van der Waals surface area contributed by atoms with Gasteiger partial charge in [-0.25, -0.2) is 18.5 Å². The van der Waals surface area contributed by atoms with E-state index in [9.17, 15) is 23.9 Å². The zero-order valence-corrected chi connectivity index (χ0v) is 16.9. The summed E-state index contributed by atoms with van der Waals surface area (Å²) in [6, 6.07) is 19.0. The van der Waals surface area contributed by atoms with Gasteiger partial charge < -0.3 is 15.4 Å². The lowest BCUT2D eigenvalue weighted by molar-refractivity contribution is -0.141. The number of carbonyl (C=O) groups is 1. The van der Waals surface area contributed by atoms with Crippen LogP contribution in [-0.4, -0.2) is 20.6 Å². The number of nitrogens with zero attached hydrogens (tertiary/aromatic N) is 1. The van der Waals surface area contributed by atoms with Crippen LogP contribution >= 0.6 is 0 Å². The first-order chi connectivity index (χ1) is 15.4. The predicted octanol–water partition coefficient (Wildman–Crippen LogP) is 3.31. The van der Waals surface area contributed by atoms with Crippen LogP contribution in [0.25, 0.3) is 10.9 Å². The number of benzene rings is 3. The van der Waals surface area contributed by atoms with Gasteiger partial charge in [-0.1, -0.05) is 60.7 Å². The summed E-state index contributed by atoms with van der Waals surface area (Å²) in [5.74, 6) is -2.01. The average molecular weight is 433 g/mol. The number of hydrogen-bond donors (Lipinski definition) is 3. The van der Waals surface area contributed by atoms with Gasteiger partial charge in [-0.05, 0) is 23.3 Å². The Bertz CT molecular complexity index is 1380. The fourth-order valence-electron chi connectivity index (χ4n) is 3.59. The molecule has 8 heteroatoms. The Morgan fingerprint density at radius 1 is 1.00 bits per heavy atom. The zero-order valence-electron chi connectivity index (χ0n) is 16.9. The molecule has 1 unspecified atom stereocenters. The molecule has 0 spiro atoms. The fourth-order valence-corrected chi connectivity index (χ4v) is 3.59. The number of anilines is 1. The van der Waals surface area contributed by atoms with Crippen molar-refractivity contribution in [3.8, 4) is 0 Å². The molecule has 1 atom stereocenters. The Morgan fingerprint density at radius 3 is 2.25 bits per heavy atom. The largest absolute Gasteiger partial charge is 0.480 e. The lowest BCUT2D eigenvalue weighted by atomic mass is 10.1. The van der Waals surface area contributed by atoms with Gasteiger partial charge in [-0.3, -0.25) is 4.79 Å². The Kier molecular flexibility index (Phi) is 5.85. The van der Waals surface area contributed by atoms with Crippen LogP contribution < -0.4 is 16.6 Å². The first kappa shape index (κ1) is 21.0. The van der Waals surface area contributed by atoms with E-state index in [0.717, 1.165) is 11.6 Å². The van der Waals surface area contributed by atoms with E-state index in [1.807, 2.05) is 30.3 Å². The van der Waals surface area contributed by atoms with E-state index in [0.29, 0.717) is 16.7 Å². The van der Waals surface area contributed by atoms with Gasteiger partial charge in [-0.15, -0.1) is 0 Å². The molecular weight excluding hydrogens is 413 g/mol. The fraction of sp³-hybridized carbons (Fsp3) is 0.125. The maximum absolute atomic E-state index is 14.7. The number of rotatable bonds is 7. The molecule has 3 N–H and O–H groups in total. The third-order valence-electron chi connectivity index (χ3n) is 5.21. The summed E-state index contributed by atoms with van der Waals surface area (Å²) in [7, 11) is 0. The Morgan fingerprint density at radius 2 is 1.62 bits per heavy atom. The van der Waals surface area contributed by atoms with Gasteiger partial charge in [0.25, 0.3) is 5.56 Å². The number of H-pyrrole nitrogens is 1. The second-order valence-electron chi connectivity index (χ2n) is 7.37. The first-order valence-corrected chi connectivity index (χ1v) is 9.96. The zero-order chi connectivity index (χ0) is 22.7. The van der Waals surface area contributed by atoms with Crippen LogP contribution in [0.15, 0.2) is 82.4 Å². The molecule has 0 radical (unpaired) electrons. The third kappa shape index (κ3) is 4.29. The molecule has 4 aromatic rings. The highest BCUT2D eigenvalue weighted by Gasteiger charge is 2.25. The van der Waals surface area contributed by atoms with Crippen LogP contribution in [0, 0.1) is 5.82 Å². The molecule has 1 aromatic heterocycles. The van der Waals surface area contributed by atoms with Crippen molar-refractivity contribution < 1.29 is 14.3 Å². The average Bonchev–Trinajstić information content (AvgIpc) is 2.79. The molecule has 1 heterocycles. The quantitative estimate of drug-likeness (QED) is 0.415. The van der Waals surface area contributed by atoms with Gasteiger partial charge in [0.2, 0.25) is 0 Å². The summed E-state index contributed by atoms with van der Waals surface area (Å²) in [4.78, 5) is 40.1. The van der Waals surface area contributed by atoms with Gasteiger partial charge >= 0.3 is 11.7 Å². The molecule has 0 aliphatic heterocycles. The summed E-state index contributed by atoms with van der Waals surface area (Å²) in [5, 5.41) is 12.5. The van der Waals surface area contributed by atoms with E-state index in [1.54, 1.807) is 30.3 Å². The normalized spacial score (nSPS) is 11.9. The number of fused-ring (bicyclic) bond motifs is 1. The monoisotopic (exact) mass is 433 g/mol. The molecular formula is C24H20FN3O4. The molecule has 32 heavy (non-hydrogen) atoms. The second kappa shape index (κ2) is 8.89. The Labute approximate surface area is 181 Å². The molecule has 3 aromatic carbocycles. The number of halogens is 1. The van der Waals surface area contributed by atoms with E-state index < -0.39 is 29.1 Å². The van der Waals surface area contributed by atoms with E-state index >= 15 is 0 Å². The highest BCUT2D eigenvalue weighted by atomic mass is 19.1. The maximum Gasteiger partial charge on any atom is 0.329 e. The number of carboxylic acids is 1. The van der Waals surface area contributed by atoms with Crippen molar-refractivity contribution in [3.05, 3.63) is 111 Å². The van der Waals surface area contributed by atoms with Crippen molar-refractivity contribution in [1.29, 1.82) is 0 Å². The lowest BCUT2D eigenvalue weighted by Gasteiger charge is -2.16. The van der Waals surface area contributed by atoms with E-state index in [4.69, 9.17) is 0 Å². The Hall–Kier alpha value is -4.20. The lowest BCUT2D eigenvalue weighted by Crippen LogP contribution is -2.41. The molecule has 0 amide bonds. The van der Waals surface area contributed by atoms with Crippen molar-refractivity contribution in [2.75, 3.05) is 5.32 Å². The van der Waals surface area contributed by atoms with Crippen molar-refractivity contribution in [2.24, 2.45) is 0 Å². The summed E-state index contributed by atoms with van der Waals surface area (Å²) in [5.41, 5.74) is 0.0939. The van der Waals surface area contributed by atoms with Gasteiger partial charge in [0.1, 0.15) is 11.9 Å². The summed E-state index contributed by atoms with van der Waals surface area (Å²) >= 11 is 0. The number of nitrogens with one attached hydrogen (secondary N) is 2. The molecule has 0 saturated heterocycles. The van der Waals surface area contributed by atoms with Gasteiger partial charge in [0.05, 0.1) is 16.6 Å². The smallest absolute Gasteiger partial charge is 0.329 e. The summed E-state index contributed by atoms with van der Waals surface area (Å²) in [6.45, 7) is 0.350. The molecule has 0 aliphatic rings. The van der Waals surface area contributed by atoms with Crippen molar-refractivity contribution in [1.82, 2.24) is 9.55 Å². The molecule has 0 saturated carbocycles. The predicted molar refractivity (Wildman–Crippen MR) is 119 cm³/mol. The number of carboxylic acid groups (broad SMARTS) is 1. The standard InChI is InChI=1S/C24H20FN3O4/c25-18-12-17-19(13-20(18)26-14-16-9-5-2-6-10-16)27-24(32)28(22(17)29)21(23(30)31)11-15-7-3-1-4-8-15/h1-10,12-13,21,26H,11,14H2,(H,27,32)(H,30,31). The van der Waals surface area contributed by atoms with Crippen LogP contribution in [0.5, 0.6) is 0 Å². The minimum atomic E-state index is -1.43. The van der Waals surface area contributed by atoms with Crippen LogP contribution in [0.4, 0.5) is 10.1 Å². The third-order valence-corrected chi connectivity index (χ3v) is 5.21. The molecule has 0 bridgehead atoms. The van der Waals surface area contributed by atoms with Crippen molar-refractivity contribution >= 4 is 22.6 Å². The van der Waals surface area contributed by atoms with E-state index in [1.165, 1.54) is 6.07 Å². The molecule has 0 fully saturated rings. The minimum absolute atomic E-state index is 0.0656. The summed E-state index contributed by atoms with van der Waals surface area (Å²) in [6.07, 6.45) is -0.0656. The molecule has 7 nitrogen and oxygen atoms in total. The number of aromatic amines is 1. The van der Waals surface area contributed by atoms with Crippen LogP contribution in [0.2, 0.25) is 0 Å². The Balaban J connectivity index is 1.73. The number of hydrogen-bond acceptors (Lipinski definition) is 4. The highest BCUT2D eigenvalue weighted by molar-refractivity contribution is 5.82. The second-order valence-corrected chi connectivity index (χ2v) is 7.37. The first-order valence-electron chi connectivity index (χ1n) is 9.96. The SMILES string of the molecule is O=C(O)C(Cc1ccccc1)n1c(=O)[nH]c2cc(NCc3ccccc3)c(F)cc2c1=O. The van der Waals surface area contributed by atoms with Crippen molar-refractivity contribution in [2.45, 2.75) is 19.0 Å². The van der Waals surface area contributed by atoms with Gasteiger partial charge in [0, 0.05) is 13.0 Å². The number of aliphatic carboxylic acids is 1. The molecule has 0 aliphatic carbocycles. The highest BCUT2D eigenvalue weighted by Crippen LogP contribution is 2.21. The van der Waals surface area contributed by atoms with E-state index in [-0.39, 0.29) is 23.0 Å². The maximum atomic E-state index is 14.7. The van der Waals surface area contributed by atoms with Crippen LogP contribution in [-0.2, 0) is 17.8 Å². The van der Waals surface area contributed by atoms with E-state index in [2.05, 4.69) is 10.3 Å².